The second kappa shape index (κ2) is 4.40. The molecule has 0 aliphatic heterocycles. The molecule has 0 unspecified atom stereocenters. The minimum Gasteiger partial charge on any atom is -0.411 e. The minimum atomic E-state index is 0.531. The zero-order valence-corrected chi connectivity index (χ0v) is 7.73. The van der Waals surface area contributed by atoms with E-state index in [4.69, 9.17) is 5.21 Å². The van der Waals surface area contributed by atoms with E-state index in [2.05, 4.69) is 10.1 Å². The lowest BCUT2D eigenvalue weighted by Crippen LogP contribution is -2.04. The summed E-state index contributed by atoms with van der Waals surface area (Å²) in [6.45, 7) is 3.52. The summed E-state index contributed by atoms with van der Waals surface area (Å²) in [6, 6.07) is 9.55. The first-order chi connectivity index (χ1) is 6.24. The monoisotopic (exact) mass is 176 g/mol. The normalized spacial score (nSPS) is 13.1. The van der Waals surface area contributed by atoms with E-state index >= 15 is 0 Å². The molecule has 3 nitrogen and oxygen atoms in total. The van der Waals surface area contributed by atoms with Crippen molar-refractivity contribution in [2.45, 2.75) is 13.8 Å². The van der Waals surface area contributed by atoms with Crippen molar-refractivity contribution in [3.63, 3.8) is 0 Å². The number of benzene rings is 1. The Morgan fingerprint density at radius 1 is 1.08 bits per heavy atom. The van der Waals surface area contributed by atoms with Gasteiger partial charge in [-0.15, -0.1) is 0 Å². The van der Waals surface area contributed by atoms with E-state index in [1.165, 1.54) is 0 Å². The lowest BCUT2D eigenvalue weighted by atomic mass is 10.2. The molecule has 0 radical (unpaired) electrons. The third kappa shape index (κ3) is 2.71. The van der Waals surface area contributed by atoms with Gasteiger partial charge in [0.1, 0.15) is 0 Å². The van der Waals surface area contributed by atoms with Crippen LogP contribution in [0.4, 0.5) is 5.69 Å². The Kier molecular flexibility index (Phi) is 3.20. The first-order valence-corrected chi connectivity index (χ1v) is 4.03. The maximum atomic E-state index is 8.49. The summed E-state index contributed by atoms with van der Waals surface area (Å²) in [7, 11) is 0. The van der Waals surface area contributed by atoms with E-state index in [0.29, 0.717) is 11.4 Å². The summed E-state index contributed by atoms with van der Waals surface area (Å²) >= 11 is 0. The SMILES string of the molecule is CC(=NO)C(C)=Nc1ccccc1. The molecule has 0 saturated carbocycles. The highest BCUT2D eigenvalue weighted by Gasteiger charge is 1.96. The van der Waals surface area contributed by atoms with E-state index in [-0.39, 0.29) is 0 Å². The van der Waals surface area contributed by atoms with Gasteiger partial charge in [0.25, 0.3) is 0 Å². The average Bonchev–Trinajstić information content (AvgIpc) is 2.18. The minimum absolute atomic E-state index is 0.531. The van der Waals surface area contributed by atoms with Crippen molar-refractivity contribution in [2.75, 3.05) is 0 Å². The first-order valence-electron chi connectivity index (χ1n) is 4.03. The zero-order valence-electron chi connectivity index (χ0n) is 7.73. The molecule has 0 spiro atoms. The van der Waals surface area contributed by atoms with Gasteiger partial charge in [-0.25, -0.2) is 0 Å². The first kappa shape index (κ1) is 9.45. The maximum Gasteiger partial charge on any atom is 0.0976 e. The molecule has 1 N–H and O–H groups in total. The largest absolute Gasteiger partial charge is 0.411 e. The molecule has 0 aliphatic rings. The molecule has 13 heavy (non-hydrogen) atoms. The van der Waals surface area contributed by atoms with Crippen LogP contribution in [-0.2, 0) is 0 Å². The predicted molar refractivity (Wildman–Crippen MR) is 54.1 cm³/mol. The molecule has 1 rings (SSSR count). The molecule has 0 saturated heterocycles. The molecule has 0 bridgehead atoms. The topological polar surface area (TPSA) is 45.0 Å². The van der Waals surface area contributed by atoms with Crippen molar-refractivity contribution in [3.8, 4) is 0 Å². The van der Waals surface area contributed by atoms with Gasteiger partial charge in [0, 0.05) is 0 Å². The lowest BCUT2D eigenvalue weighted by molar-refractivity contribution is 0.320. The quantitative estimate of drug-likeness (QED) is 0.420. The molecule has 1 aromatic rings. The van der Waals surface area contributed by atoms with Crippen LogP contribution in [0.15, 0.2) is 40.5 Å². The molecule has 3 heteroatoms. The molecule has 0 amide bonds. The van der Waals surface area contributed by atoms with Crippen LogP contribution >= 0.6 is 0 Å². The van der Waals surface area contributed by atoms with Gasteiger partial charge in [0.2, 0.25) is 0 Å². The Morgan fingerprint density at radius 3 is 2.23 bits per heavy atom. The van der Waals surface area contributed by atoms with Crippen molar-refractivity contribution in [2.24, 2.45) is 10.1 Å². The Balaban J connectivity index is 2.89. The Hall–Kier alpha value is -1.64. The molecular weight excluding hydrogens is 164 g/mol. The number of hydrogen-bond donors (Lipinski definition) is 1. The Morgan fingerprint density at radius 2 is 1.69 bits per heavy atom. The van der Waals surface area contributed by atoms with Crippen LogP contribution in [-0.4, -0.2) is 16.6 Å². The maximum absolute atomic E-state index is 8.49. The Labute approximate surface area is 77.4 Å². The number of oxime groups is 1. The van der Waals surface area contributed by atoms with E-state index in [1.54, 1.807) is 6.92 Å². The summed E-state index contributed by atoms with van der Waals surface area (Å²) in [5.41, 5.74) is 2.11. The predicted octanol–water partition coefficient (Wildman–Crippen LogP) is 2.63. The Bertz CT molecular complexity index is 328. The molecular formula is C10H12N2O. The molecule has 0 fully saturated rings. The van der Waals surface area contributed by atoms with Crippen LogP contribution in [0, 0.1) is 0 Å². The smallest absolute Gasteiger partial charge is 0.0976 e. The summed E-state index contributed by atoms with van der Waals surface area (Å²) < 4.78 is 0. The highest BCUT2D eigenvalue weighted by Crippen LogP contribution is 2.10. The molecule has 1 aromatic carbocycles. The van der Waals surface area contributed by atoms with E-state index in [1.807, 2.05) is 37.3 Å². The van der Waals surface area contributed by atoms with Gasteiger partial charge in [-0.1, -0.05) is 23.4 Å². The molecule has 0 atom stereocenters. The van der Waals surface area contributed by atoms with Gasteiger partial charge < -0.3 is 5.21 Å². The van der Waals surface area contributed by atoms with Crippen LogP contribution in [0.3, 0.4) is 0 Å². The van der Waals surface area contributed by atoms with Gasteiger partial charge in [-0.3, -0.25) is 4.99 Å². The number of para-hydroxylation sites is 1. The summed E-state index contributed by atoms with van der Waals surface area (Å²) in [5, 5.41) is 11.6. The highest BCUT2D eigenvalue weighted by atomic mass is 16.4. The number of hydrogen-bond acceptors (Lipinski definition) is 3. The van der Waals surface area contributed by atoms with Crippen LogP contribution in [0.25, 0.3) is 0 Å². The average molecular weight is 176 g/mol. The highest BCUT2D eigenvalue weighted by molar-refractivity contribution is 6.40. The summed E-state index contributed by atoms with van der Waals surface area (Å²) in [5.74, 6) is 0. The van der Waals surface area contributed by atoms with Crippen molar-refractivity contribution in [1.29, 1.82) is 0 Å². The van der Waals surface area contributed by atoms with Crippen molar-refractivity contribution in [3.05, 3.63) is 30.3 Å². The van der Waals surface area contributed by atoms with Crippen LogP contribution < -0.4 is 0 Å². The van der Waals surface area contributed by atoms with Crippen LogP contribution in [0.2, 0.25) is 0 Å². The lowest BCUT2D eigenvalue weighted by Gasteiger charge is -1.97. The number of nitrogens with zero attached hydrogens (tertiary/aromatic N) is 2. The second-order valence-electron chi connectivity index (χ2n) is 2.72. The van der Waals surface area contributed by atoms with Gasteiger partial charge in [0.15, 0.2) is 0 Å². The van der Waals surface area contributed by atoms with E-state index < -0.39 is 0 Å². The summed E-state index contributed by atoms with van der Waals surface area (Å²) in [4.78, 5) is 4.26. The van der Waals surface area contributed by atoms with Gasteiger partial charge >= 0.3 is 0 Å². The number of rotatable bonds is 2. The molecule has 0 heterocycles. The molecule has 68 valence electrons. The van der Waals surface area contributed by atoms with Gasteiger partial charge in [-0.05, 0) is 26.0 Å². The van der Waals surface area contributed by atoms with Crippen molar-refractivity contribution < 1.29 is 5.21 Å². The fourth-order valence-electron chi connectivity index (χ4n) is 0.849. The fraction of sp³-hybridized carbons (Fsp3) is 0.200. The van der Waals surface area contributed by atoms with Gasteiger partial charge in [-0.2, -0.15) is 0 Å². The third-order valence-electron chi connectivity index (χ3n) is 1.73. The fourth-order valence-corrected chi connectivity index (χ4v) is 0.849. The molecule has 0 aromatic heterocycles. The molecule has 0 aliphatic carbocycles. The third-order valence-corrected chi connectivity index (χ3v) is 1.73. The van der Waals surface area contributed by atoms with Gasteiger partial charge in [0.05, 0.1) is 17.1 Å². The summed E-state index contributed by atoms with van der Waals surface area (Å²) in [6.07, 6.45) is 0. The van der Waals surface area contributed by atoms with Crippen molar-refractivity contribution in [1.82, 2.24) is 0 Å². The second-order valence-corrected chi connectivity index (χ2v) is 2.72. The zero-order chi connectivity index (χ0) is 9.68. The van der Waals surface area contributed by atoms with Crippen molar-refractivity contribution >= 4 is 17.1 Å². The van der Waals surface area contributed by atoms with Crippen LogP contribution in [0.5, 0.6) is 0 Å². The number of aliphatic imine (C=N–C) groups is 1. The van der Waals surface area contributed by atoms with E-state index in [0.717, 1.165) is 5.69 Å². The van der Waals surface area contributed by atoms with Crippen LogP contribution in [0.1, 0.15) is 13.8 Å². The van der Waals surface area contributed by atoms with E-state index in [9.17, 15) is 0 Å². The standard InChI is InChI=1S/C10H12N2O/c1-8(9(2)12-13)11-10-6-4-3-5-7-10/h3-7,13H,1-2H3.